The Morgan fingerprint density at radius 3 is 2.00 bits per heavy atom. The molecule has 30 heavy (non-hydrogen) atoms. The zero-order valence-corrected chi connectivity index (χ0v) is 18.9. The molecule has 4 atom stereocenters. The molecule has 1 fully saturated rings. The van der Waals surface area contributed by atoms with Crippen molar-refractivity contribution >= 4 is 34.1 Å². The molecule has 0 saturated carbocycles. The predicted molar refractivity (Wildman–Crippen MR) is 114 cm³/mol. The second-order valence-corrected chi connectivity index (χ2v) is 10.6. The number of nitrogens with two attached hydrogens (primary N) is 1. The van der Waals surface area contributed by atoms with E-state index in [2.05, 4.69) is 65.6 Å². The van der Waals surface area contributed by atoms with Crippen molar-refractivity contribution in [1.29, 1.82) is 0 Å². The minimum atomic E-state index is -1.31. The van der Waals surface area contributed by atoms with Gasteiger partial charge in [0.2, 0.25) is 0 Å². The van der Waals surface area contributed by atoms with Crippen LogP contribution in [0, 0.1) is 0 Å². The van der Waals surface area contributed by atoms with E-state index in [4.69, 9.17) is 15.6 Å². The molecule has 0 amide bonds. The van der Waals surface area contributed by atoms with Gasteiger partial charge in [-0.05, 0) is 6.07 Å². The Hall–Kier alpha value is -2.24. The zero-order valence-electron chi connectivity index (χ0n) is 16.1. The number of aromatic nitrogens is 2. The summed E-state index contributed by atoms with van der Waals surface area (Å²) in [6.07, 6.45) is -3.27. The van der Waals surface area contributed by atoms with Crippen LogP contribution >= 0.6 is 0 Å². The topological polar surface area (TPSA) is 131 Å². The molecular weight excluding hydrogens is 493 g/mol. The third kappa shape index (κ3) is 5.67. The van der Waals surface area contributed by atoms with Crippen molar-refractivity contribution < 1.29 is 20.1 Å². The number of benzene rings is 2. The standard InChI is InChI=1S/C9H13N3O5.2C6H5.Sn/c10-5-1-2-12(9(16)11-5)8-7(15)6(14)4(3-13)17-8;2*1-2-4-6-5-3-1;/h1-2,4,6-8,13-15H,3H2,(H2,10,11,16);2*1-5H;/t4-,6+,7-,8+;;;/m1.../s1. The first-order chi connectivity index (χ1) is 14.5. The third-order valence-electron chi connectivity index (χ3n) is 4.48. The Morgan fingerprint density at radius 1 is 0.967 bits per heavy atom. The zero-order chi connectivity index (χ0) is 21.5. The number of ether oxygens (including phenoxy) is 1. The first-order valence-corrected chi connectivity index (χ1v) is 12.2. The predicted octanol–water partition coefficient (Wildman–Crippen LogP) is -1.22. The van der Waals surface area contributed by atoms with Gasteiger partial charge in [-0.25, -0.2) is 4.79 Å². The molecule has 0 unspecified atom stereocenters. The second kappa shape index (κ2) is 10.7. The number of hydrogen-bond donors (Lipinski definition) is 4. The van der Waals surface area contributed by atoms with Crippen LogP contribution in [0.25, 0.3) is 0 Å². The summed E-state index contributed by atoms with van der Waals surface area (Å²) >= 11 is -0.517. The van der Waals surface area contributed by atoms with E-state index in [9.17, 15) is 15.0 Å². The molecule has 0 spiro atoms. The van der Waals surface area contributed by atoms with E-state index in [0.29, 0.717) is 0 Å². The van der Waals surface area contributed by atoms with Crippen molar-refractivity contribution in [1.82, 2.24) is 9.55 Å². The van der Waals surface area contributed by atoms with Gasteiger partial charge < -0.3 is 25.8 Å². The molecule has 5 N–H and O–H groups in total. The van der Waals surface area contributed by atoms with Gasteiger partial charge in [-0.15, -0.1) is 0 Å². The van der Waals surface area contributed by atoms with Crippen molar-refractivity contribution in [2.45, 2.75) is 24.5 Å². The fraction of sp³-hybridized carbons (Fsp3) is 0.238. The summed E-state index contributed by atoms with van der Waals surface area (Å²) in [6.45, 7) is -0.453. The van der Waals surface area contributed by atoms with Gasteiger partial charge in [0.1, 0.15) is 24.1 Å². The van der Waals surface area contributed by atoms with Crippen molar-refractivity contribution in [3.05, 3.63) is 83.4 Å². The van der Waals surface area contributed by atoms with E-state index in [1.165, 1.54) is 19.4 Å². The molecule has 4 rings (SSSR count). The van der Waals surface area contributed by atoms with Gasteiger partial charge in [0.25, 0.3) is 0 Å². The summed E-state index contributed by atoms with van der Waals surface area (Å²) < 4.78 is 9.27. The molecule has 2 heterocycles. The van der Waals surface area contributed by atoms with Crippen molar-refractivity contribution in [2.24, 2.45) is 0 Å². The Kier molecular flexibility index (Phi) is 8.00. The molecule has 3 aromatic rings. The SMILES string of the molecule is Nc1ccn([C@H]2O[C@H](CO)[C@H](O)[C@H]2O)c(=O)n1.c1cc[c]([Sn][c]2ccccc2)cc1. The van der Waals surface area contributed by atoms with Crippen molar-refractivity contribution in [2.75, 3.05) is 12.3 Å². The Morgan fingerprint density at radius 2 is 1.53 bits per heavy atom. The number of rotatable bonds is 4. The second-order valence-electron chi connectivity index (χ2n) is 6.63. The Balaban J connectivity index is 0.000000177. The average molecular weight is 516 g/mol. The number of anilines is 1. The minimum absolute atomic E-state index is 0.0537. The molecule has 0 aliphatic carbocycles. The monoisotopic (exact) mass is 517 g/mol. The molecule has 0 bridgehead atoms. The quantitative estimate of drug-likeness (QED) is 0.320. The molecule has 9 heteroatoms. The number of aliphatic hydroxyl groups is 3. The average Bonchev–Trinajstić information content (AvgIpc) is 3.04. The number of aliphatic hydroxyl groups excluding tert-OH is 3. The van der Waals surface area contributed by atoms with Gasteiger partial charge >= 0.3 is 94.7 Å². The van der Waals surface area contributed by atoms with Crippen LogP contribution in [-0.4, -0.2) is 70.9 Å². The summed E-state index contributed by atoms with van der Waals surface area (Å²) in [5, 5.41) is 28.2. The van der Waals surface area contributed by atoms with E-state index in [1.54, 1.807) is 0 Å². The maximum absolute atomic E-state index is 11.5. The van der Waals surface area contributed by atoms with Crippen LogP contribution in [0.15, 0.2) is 77.7 Å². The summed E-state index contributed by atoms with van der Waals surface area (Å²) in [6, 6.07) is 23.0. The van der Waals surface area contributed by atoms with Crippen LogP contribution in [-0.2, 0) is 4.74 Å². The molecule has 2 aromatic carbocycles. The van der Waals surface area contributed by atoms with Crippen LogP contribution in [0.2, 0.25) is 0 Å². The van der Waals surface area contributed by atoms with Gasteiger partial charge in [-0.2, -0.15) is 4.98 Å². The summed E-state index contributed by atoms with van der Waals surface area (Å²) in [7, 11) is 0. The van der Waals surface area contributed by atoms with Crippen LogP contribution in [0.4, 0.5) is 5.82 Å². The Bertz CT molecular complexity index is 949. The summed E-state index contributed by atoms with van der Waals surface area (Å²) in [4.78, 5) is 15.0. The fourth-order valence-electron chi connectivity index (χ4n) is 2.94. The molecule has 156 valence electrons. The molecule has 1 aromatic heterocycles. The summed E-state index contributed by atoms with van der Waals surface area (Å²) in [5.41, 5.74) is 4.63. The van der Waals surface area contributed by atoms with Crippen molar-refractivity contribution in [3.8, 4) is 0 Å². The fourth-order valence-corrected chi connectivity index (χ4v) is 5.94. The molecule has 2 radical (unpaired) electrons. The molecule has 1 aliphatic rings. The Labute approximate surface area is 183 Å². The van der Waals surface area contributed by atoms with E-state index in [-0.39, 0.29) is 5.82 Å². The van der Waals surface area contributed by atoms with Gasteiger partial charge in [0.15, 0.2) is 6.23 Å². The maximum atomic E-state index is 11.5. The van der Waals surface area contributed by atoms with E-state index < -0.39 is 58.0 Å². The van der Waals surface area contributed by atoms with E-state index >= 15 is 0 Å². The number of nitrogens with zero attached hydrogens (tertiary/aromatic N) is 2. The van der Waals surface area contributed by atoms with Gasteiger partial charge in [0, 0.05) is 6.20 Å². The molecule has 8 nitrogen and oxygen atoms in total. The van der Waals surface area contributed by atoms with E-state index in [1.807, 2.05) is 0 Å². The van der Waals surface area contributed by atoms with Crippen LogP contribution in [0.1, 0.15) is 6.23 Å². The van der Waals surface area contributed by atoms with Gasteiger partial charge in [0.05, 0.1) is 6.61 Å². The number of hydrogen-bond acceptors (Lipinski definition) is 7. The van der Waals surface area contributed by atoms with Crippen LogP contribution < -0.4 is 18.6 Å². The third-order valence-corrected chi connectivity index (χ3v) is 8.03. The van der Waals surface area contributed by atoms with Gasteiger partial charge in [-0.3, -0.25) is 4.57 Å². The number of nitrogen functional groups attached to an aromatic ring is 1. The normalized spacial score (nSPS) is 22.9. The first kappa shape index (κ1) is 22.4. The first-order valence-electron chi connectivity index (χ1n) is 9.34. The molecular formula is C21H23N3O5Sn. The van der Waals surface area contributed by atoms with Crippen LogP contribution in [0.3, 0.4) is 0 Å². The molecule has 1 aliphatic heterocycles. The summed E-state index contributed by atoms with van der Waals surface area (Å²) in [5.74, 6) is 0.0537. The van der Waals surface area contributed by atoms with Crippen LogP contribution in [0.5, 0.6) is 0 Å². The van der Waals surface area contributed by atoms with Gasteiger partial charge in [-0.1, -0.05) is 0 Å². The van der Waals surface area contributed by atoms with E-state index in [0.717, 1.165) is 4.57 Å². The van der Waals surface area contributed by atoms with Crippen molar-refractivity contribution in [3.63, 3.8) is 0 Å². The molecule has 1 saturated heterocycles.